The van der Waals surface area contributed by atoms with Gasteiger partial charge in [-0.25, -0.2) is 4.79 Å². The summed E-state index contributed by atoms with van der Waals surface area (Å²) in [4.78, 5) is 18.3. The average molecular weight is 368 g/mol. The van der Waals surface area contributed by atoms with Crippen molar-refractivity contribution < 1.29 is 19.0 Å². The number of morpholine rings is 1. The molecule has 0 atom stereocenters. The van der Waals surface area contributed by atoms with Crippen LogP contribution in [-0.2, 0) is 14.3 Å². The lowest BCUT2D eigenvalue weighted by Gasteiger charge is -2.28. The summed E-state index contributed by atoms with van der Waals surface area (Å²) >= 11 is 0. The highest BCUT2D eigenvalue weighted by atomic mass is 16.6. The Morgan fingerprint density at radius 2 is 1.89 bits per heavy atom. The summed E-state index contributed by atoms with van der Waals surface area (Å²) in [7, 11) is 0. The topological polar surface area (TPSA) is 60.4 Å². The fourth-order valence-electron chi connectivity index (χ4n) is 2.77. The van der Waals surface area contributed by atoms with Crippen LogP contribution in [0.2, 0.25) is 0 Å². The highest BCUT2D eigenvalue weighted by Crippen LogP contribution is 2.22. The van der Waals surface area contributed by atoms with Gasteiger partial charge in [0.05, 0.1) is 25.5 Å². The standard InChI is InChI=1S/C21H24N2O4/c1-2-26-21(24)16-27-20-6-4-3-5-17(20)15-22-18-7-9-19(10-8-18)23-11-13-25-14-12-23/h3-10,15H,2,11-14,16H2,1H3. The molecule has 0 bridgehead atoms. The maximum Gasteiger partial charge on any atom is 0.344 e. The summed E-state index contributed by atoms with van der Waals surface area (Å²) in [5.41, 5.74) is 2.83. The molecule has 0 spiro atoms. The molecule has 1 aliphatic rings. The number of anilines is 1. The number of para-hydroxylation sites is 1. The van der Waals surface area contributed by atoms with Gasteiger partial charge in [-0.1, -0.05) is 12.1 Å². The Kier molecular flexibility index (Phi) is 6.82. The summed E-state index contributed by atoms with van der Waals surface area (Å²) in [6.45, 7) is 5.34. The molecule has 0 amide bonds. The van der Waals surface area contributed by atoms with E-state index in [-0.39, 0.29) is 12.6 Å². The van der Waals surface area contributed by atoms with Crippen molar-refractivity contribution in [2.45, 2.75) is 6.92 Å². The van der Waals surface area contributed by atoms with E-state index in [0.717, 1.165) is 37.6 Å². The van der Waals surface area contributed by atoms with Crippen LogP contribution >= 0.6 is 0 Å². The lowest BCUT2D eigenvalue weighted by Crippen LogP contribution is -2.36. The Morgan fingerprint density at radius 3 is 2.63 bits per heavy atom. The maximum atomic E-state index is 11.5. The molecular weight excluding hydrogens is 344 g/mol. The van der Waals surface area contributed by atoms with E-state index < -0.39 is 0 Å². The Bertz CT molecular complexity index is 768. The number of hydrogen-bond donors (Lipinski definition) is 0. The minimum Gasteiger partial charge on any atom is -0.481 e. The molecule has 1 heterocycles. The van der Waals surface area contributed by atoms with Gasteiger partial charge in [0.1, 0.15) is 5.75 Å². The Balaban J connectivity index is 1.64. The van der Waals surface area contributed by atoms with Gasteiger partial charge >= 0.3 is 5.97 Å². The molecule has 0 saturated carbocycles. The molecule has 0 unspecified atom stereocenters. The van der Waals surface area contributed by atoms with Crippen molar-refractivity contribution in [3.8, 4) is 5.75 Å². The van der Waals surface area contributed by atoms with Crippen LogP contribution in [0, 0.1) is 0 Å². The van der Waals surface area contributed by atoms with Gasteiger partial charge in [0.15, 0.2) is 6.61 Å². The summed E-state index contributed by atoms with van der Waals surface area (Å²) in [5.74, 6) is 0.210. The van der Waals surface area contributed by atoms with E-state index in [1.807, 2.05) is 36.4 Å². The summed E-state index contributed by atoms with van der Waals surface area (Å²) < 4.78 is 15.8. The largest absolute Gasteiger partial charge is 0.481 e. The van der Waals surface area contributed by atoms with E-state index >= 15 is 0 Å². The van der Waals surface area contributed by atoms with Gasteiger partial charge in [0, 0.05) is 30.6 Å². The van der Waals surface area contributed by atoms with Crippen molar-refractivity contribution in [3.05, 3.63) is 54.1 Å². The number of carbonyl (C=O) groups is 1. The molecule has 27 heavy (non-hydrogen) atoms. The number of ether oxygens (including phenoxy) is 3. The van der Waals surface area contributed by atoms with E-state index in [1.165, 1.54) is 5.69 Å². The van der Waals surface area contributed by atoms with Crippen LogP contribution in [0.4, 0.5) is 11.4 Å². The highest BCUT2D eigenvalue weighted by molar-refractivity contribution is 5.85. The van der Waals surface area contributed by atoms with E-state index in [1.54, 1.807) is 13.1 Å². The zero-order valence-corrected chi connectivity index (χ0v) is 15.5. The molecule has 0 aromatic heterocycles. The number of carbonyl (C=O) groups excluding carboxylic acids is 1. The van der Waals surface area contributed by atoms with Crippen LogP contribution < -0.4 is 9.64 Å². The van der Waals surface area contributed by atoms with Crippen LogP contribution in [0.1, 0.15) is 12.5 Å². The molecule has 0 N–H and O–H groups in total. The molecule has 2 aromatic rings. The second kappa shape index (κ2) is 9.73. The molecule has 0 aliphatic carbocycles. The third-order valence-electron chi connectivity index (χ3n) is 4.15. The van der Waals surface area contributed by atoms with Crippen LogP contribution in [-0.4, -0.2) is 51.7 Å². The SMILES string of the molecule is CCOC(=O)COc1ccccc1C=Nc1ccc(N2CCOCC2)cc1. The predicted octanol–water partition coefficient (Wildman–Crippen LogP) is 3.22. The fourth-order valence-corrected chi connectivity index (χ4v) is 2.77. The number of aliphatic imine (C=N–C) groups is 1. The number of hydrogen-bond acceptors (Lipinski definition) is 6. The minimum absolute atomic E-state index is 0.118. The van der Waals surface area contributed by atoms with Crippen LogP contribution in [0.25, 0.3) is 0 Å². The highest BCUT2D eigenvalue weighted by Gasteiger charge is 2.10. The molecule has 3 rings (SSSR count). The number of benzene rings is 2. The first-order chi connectivity index (χ1) is 13.3. The maximum absolute atomic E-state index is 11.5. The van der Waals surface area contributed by atoms with Gasteiger partial charge in [-0.05, 0) is 43.3 Å². The van der Waals surface area contributed by atoms with Gasteiger partial charge < -0.3 is 19.1 Å². The second-order valence-electron chi connectivity index (χ2n) is 6.01. The number of rotatable bonds is 7. The molecule has 1 fully saturated rings. The van der Waals surface area contributed by atoms with Gasteiger partial charge in [-0.3, -0.25) is 4.99 Å². The quantitative estimate of drug-likeness (QED) is 0.555. The van der Waals surface area contributed by atoms with Crippen molar-refractivity contribution in [2.75, 3.05) is 44.4 Å². The van der Waals surface area contributed by atoms with Crippen LogP contribution in [0.5, 0.6) is 5.75 Å². The molecule has 0 radical (unpaired) electrons. The molecule has 6 nitrogen and oxygen atoms in total. The van der Waals surface area contributed by atoms with Gasteiger partial charge in [-0.15, -0.1) is 0 Å². The zero-order valence-electron chi connectivity index (χ0n) is 15.5. The van der Waals surface area contributed by atoms with Crippen LogP contribution in [0.3, 0.4) is 0 Å². The van der Waals surface area contributed by atoms with Crippen LogP contribution in [0.15, 0.2) is 53.5 Å². The molecule has 1 saturated heterocycles. The minimum atomic E-state index is -0.386. The number of nitrogens with zero attached hydrogens (tertiary/aromatic N) is 2. The Labute approximate surface area is 159 Å². The average Bonchev–Trinajstić information content (AvgIpc) is 2.72. The smallest absolute Gasteiger partial charge is 0.344 e. The van der Waals surface area contributed by atoms with E-state index in [4.69, 9.17) is 14.2 Å². The first-order valence-corrected chi connectivity index (χ1v) is 9.10. The van der Waals surface area contributed by atoms with Crippen molar-refractivity contribution >= 4 is 23.6 Å². The van der Waals surface area contributed by atoms with E-state index in [9.17, 15) is 4.79 Å². The lowest BCUT2D eigenvalue weighted by atomic mass is 10.2. The Hall–Kier alpha value is -2.86. The van der Waals surface area contributed by atoms with E-state index in [2.05, 4.69) is 22.0 Å². The summed E-state index contributed by atoms with van der Waals surface area (Å²) in [6.07, 6.45) is 1.74. The van der Waals surface area contributed by atoms with Gasteiger partial charge in [0.2, 0.25) is 0 Å². The van der Waals surface area contributed by atoms with Gasteiger partial charge in [0.25, 0.3) is 0 Å². The molecule has 6 heteroatoms. The Morgan fingerprint density at radius 1 is 1.15 bits per heavy atom. The molecular formula is C21H24N2O4. The van der Waals surface area contributed by atoms with Crippen molar-refractivity contribution in [3.63, 3.8) is 0 Å². The van der Waals surface area contributed by atoms with Crippen molar-refractivity contribution in [1.29, 1.82) is 0 Å². The van der Waals surface area contributed by atoms with Crippen molar-refractivity contribution in [2.24, 2.45) is 4.99 Å². The lowest BCUT2D eigenvalue weighted by molar-refractivity contribution is -0.145. The fraction of sp³-hybridized carbons (Fsp3) is 0.333. The van der Waals surface area contributed by atoms with Crippen molar-refractivity contribution in [1.82, 2.24) is 0 Å². The number of esters is 1. The predicted molar refractivity (Wildman–Crippen MR) is 105 cm³/mol. The van der Waals surface area contributed by atoms with Gasteiger partial charge in [-0.2, -0.15) is 0 Å². The zero-order chi connectivity index (χ0) is 18.9. The monoisotopic (exact) mass is 368 g/mol. The molecule has 1 aliphatic heterocycles. The third-order valence-corrected chi connectivity index (χ3v) is 4.15. The van der Waals surface area contributed by atoms with E-state index in [0.29, 0.717) is 12.4 Å². The normalized spacial score (nSPS) is 14.3. The second-order valence-corrected chi connectivity index (χ2v) is 6.01. The first-order valence-electron chi connectivity index (χ1n) is 9.10. The molecule has 2 aromatic carbocycles. The third kappa shape index (κ3) is 5.56. The molecule has 142 valence electrons. The summed E-state index contributed by atoms with van der Waals surface area (Å²) in [6, 6.07) is 15.6. The summed E-state index contributed by atoms with van der Waals surface area (Å²) in [5, 5.41) is 0. The first kappa shape index (κ1) is 18.9.